The van der Waals surface area contributed by atoms with Crippen LogP contribution >= 0.6 is 0 Å². The normalized spacial score (nSPS) is 19.4. The summed E-state index contributed by atoms with van der Waals surface area (Å²) in [5.74, 6) is 1.40. The number of unbranched alkanes of at least 4 members (excludes halogenated alkanes) is 2. The monoisotopic (exact) mass is 645 g/mol. The van der Waals surface area contributed by atoms with Crippen molar-refractivity contribution < 1.29 is 33.6 Å². The Balaban J connectivity index is 1.26. The Morgan fingerprint density at radius 1 is 0.936 bits per heavy atom. The number of rotatable bonds is 14. The maximum atomic E-state index is 12.7. The molecule has 2 amide bonds. The Hall–Kier alpha value is -3.96. The van der Waals surface area contributed by atoms with Crippen LogP contribution < -0.4 is 20.1 Å². The molecule has 0 aromatic heterocycles. The maximum absolute atomic E-state index is 12.7. The Morgan fingerprint density at radius 2 is 1.70 bits per heavy atom. The third-order valence-electron chi connectivity index (χ3n) is 8.77. The molecule has 0 bridgehead atoms. The first kappa shape index (κ1) is 34.4. The van der Waals surface area contributed by atoms with Crippen molar-refractivity contribution in [3.63, 3.8) is 0 Å². The standard InChI is InChI=1S/C37H47N3O7/c1-25(42)38-16-6-4-5-10-36(43)39-31-9-7-8-29(18-31)37-46-32(21-33(47-37)27-13-11-26(24-41)12-14-27)23-40-17-15-28-19-34(44-2)35(45-3)20-30(28)22-40/h7-9,11-14,18-20,32-33,37,41H,4-6,10,15-17,21-24H2,1-3H3,(H,38,42)(H,39,43). The van der Waals surface area contributed by atoms with Crippen molar-refractivity contribution in [2.24, 2.45) is 0 Å². The fraction of sp³-hybridized carbons (Fsp3) is 0.459. The van der Waals surface area contributed by atoms with Crippen molar-refractivity contribution in [2.75, 3.05) is 39.2 Å². The Labute approximate surface area is 277 Å². The van der Waals surface area contributed by atoms with Crippen LogP contribution in [0.3, 0.4) is 0 Å². The summed E-state index contributed by atoms with van der Waals surface area (Å²) in [6, 6.07) is 19.7. The zero-order chi connectivity index (χ0) is 33.2. The molecule has 0 radical (unpaired) electrons. The van der Waals surface area contributed by atoms with E-state index in [0.717, 1.165) is 73.5 Å². The quantitative estimate of drug-likeness (QED) is 0.199. The number of carbonyl (C=O) groups is 2. The molecule has 1 saturated heterocycles. The summed E-state index contributed by atoms with van der Waals surface area (Å²) in [6.07, 6.45) is 3.53. The molecule has 2 aliphatic rings. The lowest BCUT2D eigenvalue weighted by Crippen LogP contribution is -2.41. The van der Waals surface area contributed by atoms with E-state index in [1.807, 2.05) is 48.5 Å². The molecular formula is C37H47N3O7. The van der Waals surface area contributed by atoms with E-state index in [9.17, 15) is 14.7 Å². The summed E-state index contributed by atoms with van der Waals surface area (Å²) >= 11 is 0. The molecule has 1 fully saturated rings. The summed E-state index contributed by atoms with van der Waals surface area (Å²) in [5, 5.41) is 15.4. The highest BCUT2D eigenvalue weighted by molar-refractivity contribution is 5.90. The van der Waals surface area contributed by atoms with Gasteiger partial charge in [-0.25, -0.2) is 0 Å². The molecular weight excluding hydrogens is 598 g/mol. The summed E-state index contributed by atoms with van der Waals surface area (Å²) < 4.78 is 24.3. The maximum Gasteiger partial charge on any atom is 0.224 e. The van der Waals surface area contributed by atoms with Crippen LogP contribution in [-0.2, 0) is 38.6 Å². The van der Waals surface area contributed by atoms with Crippen molar-refractivity contribution >= 4 is 17.5 Å². The third-order valence-corrected chi connectivity index (χ3v) is 8.77. The van der Waals surface area contributed by atoms with E-state index in [0.29, 0.717) is 25.1 Å². The van der Waals surface area contributed by atoms with Crippen LogP contribution in [0.2, 0.25) is 0 Å². The van der Waals surface area contributed by atoms with Gasteiger partial charge in [0, 0.05) is 57.2 Å². The zero-order valence-electron chi connectivity index (χ0n) is 27.6. The lowest BCUT2D eigenvalue weighted by atomic mass is 9.97. The molecule has 10 nitrogen and oxygen atoms in total. The number of nitrogens with zero attached hydrogens (tertiary/aromatic N) is 1. The molecule has 2 heterocycles. The second-order valence-corrected chi connectivity index (χ2v) is 12.3. The number of anilines is 1. The number of aliphatic hydroxyl groups excluding tert-OH is 1. The average Bonchev–Trinajstić information content (AvgIpc) is 3.09. The molecule has 3 N–H and O–H groups in total. The van der Waals surface area contributed by atoms with Gasteiger partial charge >= 0.3 is 0 Å². The van der Waals surface area contributed by atoms with E-state index in [2.05, 4.69) is 27.7 Å². The van der Waals surface area contributed by atoms with E-state index in [-0.39, 0.29) is 30.6 Å². The average molecular weight is 646 g/mol. The van der Waals surface area contributed by atoms with Gasteiger partial charge in [0.1, 0.15) is 0 Å². The highest BCUT2D eigenvalue weighted by atomic mass is 16.7. The highest BCUT2D eigenvalue weighted by Gasteiger charge is 2.34. The minimum absolute atomic E-state index is 0.0111. The lowest BCUT2D eigenvalue weighted by Gasteiger charge is -2.39. The van der Waals surface area contributed by atoms with Gasteiger partial charge in [0.25, 0.3) is 0 Å². The van der Waals surface area contributed by atoms with E-state index in [4.69, 9.17) is 18.9 Å². The molecule has 2 aliphatic heterocycles. The SMILES string of the molecule is COc1cc2c(cc1OC)CN(CC1CC(c3ccc(CO)cc3)OC(c3cccc(NC(=O)CCCCCNC(C)=O)c3)O1)CC2. The number of methoxy groups -OCH3 is 2. The van der Waals surface area contributed by atoms with Crippen LogP contribution in [-0.4, -0.2) is 61.8 Å². The second kappa shape index (κ2) is 16.7. The van der Waals surface area contributed by atoms with Crippen molar-refractivity contribution in [1.29, 1.82) is 0 Å². The summed E-state index contributed by atoms with van der Waals surface area (Å²) in [6.45, 7) is 4.54. The largest absolute Gasteiger partial charge is 0.493 e. The smallest absolute Gasteiger partial charge is 0.224 e. The number of amides is 2. The van der Waals surface area contributed by atoms with Crippen LogP contribution in [0.15, 0.2) is 60.7 Å². The number of hydrogen-bond acceptors (Lipinski definition) is 8. The molecule has 252 valence electrons. The molecule has 10 heteroatoms. The first-order chi connectivity index (χ1) is 22.8. The summed E-state index contributed by atoms with van der Waals surface area (Å²) in [4.78, 5) is 26.1. The van der Waals surface area contributed by atoms with Crippen molar-refractivity contribution in [2.45, 2.75) is 77.1 Å². The number of aliphatic hydroxyl groups is 1. The van der Waals surface area contributed by atoms with Gasteiger partial charge in [0.15, 0.2) is 17.8 Å². The van der Waals surface area contributed by atoms with E-state index >= 15 is 0 Å². The summed E-state index contributed by atoms with van der Waals surface area (Å²) in [7, 11) is 3.32. The number of hydrogen-bond donors (Lipinski definition) is 3. The Morgan fingerprint density at radius 3 is 2.43 bits per heavy atom. The minimum Gasteiger partial charge on any atom is -0.493 e. The van der Waals surface area contributed by atoms with E-state index < -0.39 is 6.29 Å². The molecule has 3 aromatic rings. The third kappa shape index (κ3) is 9.54. The van der Waals surface area contributed by atoms with Gasteiger partial charge < -0.3 is 34.7 Å². The summed E-state index contributed by atoms with van der Waals surface area (Å²) in [5.41, 5.74) is 5.91. The topological polar surface area (TPSA) is 119 Å². The molecule has 0 spiro atoms. The van der Waals surface area contributed by atoms with Crippen molar-refractivity contribution in [1.82, 2.24) is 10.2 Å². The van der Waals surface area contributed by atoms with Gasteiger partial charge in [0.2, 0.25) is 11.8 Å². The molecule has 3 aromatic carbocycles. The predicted molar refractivity (Wildman–Crippen MR) is 179 cm³/mol. The van der Waals surface area contributed by atoms with Gasteiger partial charge in [-0.05, 0) is 65.8 Å². The molecule has 3 atom stereocenters. The fourth-order valence-electron chi connectivity index (χ4n) is 6.26. The van der Waals surface area contributed by atoms with Gasteiger partial charge in [-0.2, -0.15) is 0 Å². The second-order valence-electron chi connectivity index (χ2n) is 12.3. The van der Waals surface area contributed by atoms with Gasteiger partial charge in [0.05, 0.1) is 33.0 Å². The van der Waals surface area contributed by atoms with Gasteiger partial charge in [-0.1, -0.05) is 42.8 Å². The van der Waals surface area contributed by atoms with Gasteiger partial charge in [-0.15, -0.1) is 0 Å². The van der Waals surface area contributed by atoms with Crippen LogP contribution in [0.4, 0.5) is 5.69 Å². The van der Waals surface area contributed by atoms with Gasteiger partial charge in [-0.3, -0.25) is 14.5 Å². The fourth-order valence-corrected chi connectivity index (χ4v) is 6.26. The number of fused-ring (bicyclic) bond motifs is 1. The number of nitrogens with one attached hydrogen (secondary N) is 2. The van der Waals surface area contributed by atoms with Crippen LogP contribution in [0.1, 0.15) is 79.2 Å². The molecule has 3 unspecified atom stereocenters. The Kier molecular flexibility index (Phi) is 12.2. The minimum atomic E-state index is -0.622. The lowest BCUT2D eigenvalue weighted by molar-refractivity contribution is -0.253. The molecule has 0 aliphatic carbocycles. The first-order valence-electron chi connectivity index (χ1n) is 16.5. The first-order valence-corrected chi connectivity index (χ1v) is 16.5. The van der Waals surface area contributed by atoms with Crippen LogP contribution in [0, 0.1) is 0 Å². The zero-order valence-corrected chi connectivity index (χ0v) is 27.6. The van der Waals surface area contributed by atoms with E-state index in [1.165, 1.54) is 18.1 Å². The Bertz CT molecular complexity index is 1500. The molecule has 5 rings (SSSR count). The van der Waals surface area contributed by atoms with Crippen LogP contribution in [0.25, 0.3) is 0 Å². The molecule has 0 saturated carbocycles. The highest BCUT2D eigenvalue weighted by Crippen LogP contribution is 2.39. The number of ether oxygens (including phenoxy) is 4. The van der Waals surface area contributed by atoms with Crippen molar-refractivity contribution in [3.8, 4) is 11.5 Å². The van der Waals surface area contributed by atoms with Crippen molar-refractivity contribution in [3.05, 3.63) is 88.5 Å². The predicted octanol–water partition coefficient (Wildman–Crippen LogP) is 5.43. The number of carbonyl (C=O) groups excluding carboxylic acids is 2. The van der Waals surface area contributed by atoms with E-state index in [1.54, 1.807) is 14.2 Å². The number of benzene rings is 3. The van der Waals surface area contributed by atoms with Crippen LogP contribution in [0.5, 0.6) is 11.5 Å². The molecule has 47 heavy (non-hydrogen) atoms.